The number of aromatic amines is 1. The van der Waals surface area contributed by atoms with Crippen molar-refractivity contribution in [1.82, 2.24) is 9.55 Å². The number of fused-ring (bicyclic) bond motifs is 3. The molecule has 17 heavy (non-hydrogen) atoms. The highest BCUT2D eigenvalue weighted by atomic mass is 16.3. The number of hydrogen-bond acceptors (Lipinski definition) is 1. The van der Waals surface area contributed by atoms with E-state index in [1.54, 1.807) is 6.26 Å². The normalized spacial score (nSPS) is 11.5. The lowest BCUT2D eigenvalue weighted by Gasteiger charge is -2.04. The fourth-order valence-electron chi connectivity index (χ4n) is 2.39. The average Bonchev–Trinajstić information content (AvgIpc) is 3.01. The fraction of sp³-hybridized carbons (Fsp3) is 0. The van der Waals surface area contributed by atoms with Crippen LogP contribution in [0.25, 0.3) is 27.7 Å². The lowest BCUT2D eigenvalue weighted by Crippen LogP contribution is -1.91. The molecule has 3 heterocycles. The Kier molecular flexibility index (Phi) is 1.56. The smallest absolute Gasteiger partial charge is 0.161 e. The number of H-pyrrole nitrogens is 1. The summed E-state index contributed by atoms with van der Waals surface area (Å²) in [6.07, 6.45) is 5.70. The molecule has 1 N–H and O–H groups in total. The van der Waals surface area contributed by atoms with Gasteiger partial charge in [0, 0.05) is 24.1 Å². The van der Waals surface area contributed by atoms with Gasteiger partial charge < -0.3 is 14.0 Å². The van der Waals surface area contributed by atoms with Crippen LogP contribution >= 0.6 is 0 Å². The van der Waals surface area contributed by atoms with E-state index < -0.39 is 0 Å². The van der Waals surface area contributed by atoms with Gasteiger partial charge in [0.2, 0.25) is 0 Å². The first kappa shape index (κ1) is 8.70. The summed E-state index contributed by atoms with van der Waals surface area (Å²) in [4.78, 5) is 3.13. The van der Waals surface area contributed by atoms with Crippen LogP contribution in [0.15, 0.2) is 59.5 Å². The first-order valence-electron chi connectivity index (χ1n) is 5.55. The van der Waals surface area contributed by atoms with Crippen molar-refractivity contribution in [2.24, 2.45) is 0 Å². The van der Waals surface area contributed by atoms with E-state index in [9.17, 15) is 0 Å². The zero-order chi connectivity index (χ0) is 11.2. The van der Waals surface area contributed by atoms with Crippen molar-refractivity contribution >= 4 is 22.0 Å². The number of para-hydroxylation sites is 1. The molecule has 4 aromatic rings. The quantitative estimate of drug-likeness (QED) is 0.523. The van der Waals surface area contributed by atoms with E-state index in [-0.39, 0.29) is 0 Å². The molecule has 0 spiro atoms. The monoisotopic (exact) mass is 222 g/mol. The Labute approximate surface area is 97.3 Å². The summed E-state index contributed by atoms with van der Waals surface area (Å²) in [6, 6.07) is 12.3. The van der Waals surface area contributed by atoms with Gasteiger partial charge in [0.1, 0.15) is 0 Å². The summed E-state index contributed by atoms with van der Waals surface area (Å²) in [5, 5.41) is 1.12. The number of hydrogen-bond donors (Lipinski definition) is 1. The van der Waals surface area contributed by atoms with Gasteiger partial charge in [-0.15, -0.1) is 0 Å². The molecular weight excluding hydrogens is 212 g/mol. The standard InChI is InChI=1S/C14H10N2O/c1-2-4-10(5-3-1)16-12-6-7-17-14(12)11-8-15-9-13(11)16/h1-9,15H. The molecule has 1 aromatic carbocycles. The minimum Gasteiger partial charge on any atom is -0.462 e. The van der Waals surface area contributed by atoms with Crippen LogP contribution in [0.5, 0.6) is 0 Å². The Morgan fingerprint density at radius 2 is 1.82 bits per heavy atom. The molecule has 0 aliphatic carbocycles. The molecule has 0 saturated heterocycles. The fourth-order valence-corrected chi connectivity index (χ4v) is 2.39. The van der Waals surface area contributed by atoms with Crippen molar-refractivity contribution in [1.29, 1.82) is 0 Å². The second-order valence-electron chi connectivity index (χ2n) is 4.06. The molecule has 0 bridgehead atoms. The number of aromatic nitrogens is 2. The van der Waals surface area contributed by atoms with E-state index in [0.717, 1.165) is 27.7 Å². The summed E-state index contributed by atoms with van der Waals surface area (Å²) in [5.41, 5.74) is 4.33. The van der Waals surface area contributed by atoms with Crippen molar-refractivity contribution in [3.8, 4) is 5.69 Å². The molecule has 0 aliphatic rings. The van der Waals surface area contributed by atoms with E-state index in [4.69, 9.17) is 4.42 Å². The van der Waals surface area contributed by atoms with Gasteiger partial charge in [-0.1, -0.05) is 18.2 Å². The molecule has 82 valence electrons. The predicted molar refractivity (Wildman–Crippen MR) is 67.4 cm³/mol. The summed E-state index contributed by atoms with van der Waals surface area (Å²) in [7, 11) is 0. The van der Waals surface area contributed by atoms with Crippen molar-refractivity contribution in [3.63, 3.8) is 0 Å². The largest absolute Gasteiger partial charge is 0.462 e. The number of rotatable bonds is 1. The Morgan fingerprint density at radius 1 is 0.941 bits per heavy atom. The van der Waals surface area contributed by atoms with Crippen molar-refractivity contribution in [3.05, 3.63) is 55.1 Å². The molecule has 0 unspecified atom stereocenters. The van der Waals surface area contributed by atoms with Gasteiger partial charge >= 0.3 is 0 Å². The Hall–Kier alpha value is -2.42. The molecule has 3 nitrogen and oxygen atoms in total. The van der Waals surface area contributed by atoms with Crippen LogP contribution < -0.4 is 0 Å². The van der Waals surface area contributed by atoms with Gasteiger partial charge in [0.05, 0.1) is 22.7 Å². The van der Waals surface area contributed by atoms with Crippen LogP contribution in [0.2, 0.25) is 0 Å². The van der Waals surface area contributed by atoms with Crippen LogP contribution in [-0.4, -0.2) is 9.55 Å². The minimum absolute atomic E-state index is 0.935. The lowest BCUT2D eigenvalue weighted by atomic mass is 10.3. The third-order valence-corrected chi connectivity index (χ3v) is 3.11. The lowest BCUT2D eigenvalue weighted by molar-refractivity contribution is 0.619. The highest BCUT2D eigenvalue weighted by molar-refractivity contribution is 6.05. The number of furan rings is 1. The zero-order valence-electron chi connectivity index (χ0n) is 9.05. The first-order chi connectivity index (χ1) is 8.45. The molecular formula is C14H10N2O. The third-order valence-electron chi connectivity index (χ3n) is 3.11. The van der Waals surface area contributed by atoms with Gasteiger partial charge in [0.15, 0.2) is 5.58 Å². The molecule has 3 heteroatoms. The zero-order valence-corrected chi connectivity index (χ0v) is 9.05. The van der Waals surface area contributed by atoms with E-state index in [1.165, 1.54) is 0 Å². The highest BCUT2D eigenvalue weighted by Crippen LogP contribution is 2.32. The van der Waals surface area contributed by atoms with Gasteiger partial charge in [-0.2, -0.15) is 0 Å². The third kappa shape index (κ3) is 1.05. The average molecular weight is 222 g/mol. The molecule has 4 rings (SSSR count). The van der Waals surface area contributed by atoms with Crippen molar-refractivity contribution < 1.29 is 4.42 Å². The molecule has 0 fully saturated rings. The summed E-state index contributed by atoms with van der Waals surface area (Å²) < 4.78 is 7.75. The SMILES string of the molecule is c1ccc(-n2c3c[nH]cc3c3occc32)cc1. The second kappa shape index (κ2) is 3.04. The molecule has 0 aliphatic heterocycles. The first-order valence-corrected chi connectivity index (χ1v) is 5.55. The molecule has 0 atom stereocenters. The number of nitrogens with zero attached hydrogens (tertiary/aromatic N) is 1. The minimum atomic E-state index is 0.935. The molecule has 3 aromatic heterocycles. The summed E-state index contributed by atoms with van der Waals surface area (Å²) in [6.45, 7) is 0. The Bertz CT molecular complexity index is 741. The van der Waals surface area contributed by atoms with Crippen LogP contribution in [0.3, 0.4) is 0 Å². The van der Waals surface area contributed by atoms with Crippen molar-refractivity contribution in [2.45, 2.75) is 0 Å². The topological polar surface area (TPSA) is 33.9 Å². The van der Waals surface area contributed by atoms with E-state index in [1.807, 2.05) is 36.7 Å². The van der Waals surface area contributed by atoms with Crippen LogP contribution in [0.4, 0.5) is 0 Å². The van der Waals surface area contributed by atoms with E-state index >= 15 is 0 Å². The van der Waals surface area contributed by atoms with Gasteiger partial charge in [-0.05, 0) is 12.1 Å². The Morgan fingerprint density at radius 3 is 2.71 bits per heavy atom. The molecule has 0 radical (unpaired) electrons. The van der Waals surface area contributed by atoms with Crippen molar-refractivity contribution in [2.75, 3.05) is 0 Å². The van der Waals surface area contributed by atoms with Crippen LogP contribution in [0, 0.1) is 0 Å². The number of benzene rings is 1. The summed E-state index contributed by atoms with van der Waals surface area (Å²) in [5.74, 6) is 0. The number of nitrogens with one attached hydrogen (secondary N) is 1. The predicted octanol–water partition coefficient (Wildman–Crippen LogP) is 3.70. The van der Waals surface area contributed by atoms with E-state index in [0.29, 0.717) is 0 Å². The van der Waals surface area contributed by atoms with Gasteiger partial charge in [-0.25, -0.2) is 0 Å². The maximum absolute atomic E-state index is 5.55. The van der Waals surface area contributed by atoms with Gasteiger partial charge in [0.25, 0.3) is 0 Å². The highest BCUT2D eigenvalue weighted by Gasteiger charge is 2.14. The van der Waals surface area contributed by atoms with Crippen LogP contribution in [0.1, 0.15) is 0 Å². The molecule has 0 saturated carbocycles. The van der Waals surface area contributed by atoms with Crippen LogP contribution in [-0.2, 0) is 0 Å². The summed E-state index contributed by atoms with van der Waals surface area (Å²) >= 11 is 0. The van der Waals surface area contributed by atoms with E-state index in [2.05, 4.69) is 21.7 Å². The van der Waals surface area contributed by atoms with Gasteiger partial charge in [-0.3, -0.25) is 0 Å². The second-order valence-corrected chi connectivity index (χ2v) is 4.06. The maximum atomic E-state index is 5.55. The molecule has 0 amide bonds. The maximum Gasteiger partial charge on any atom is 0.161 e. The Balaban J connectivity index is 2.22.